The number of rotatable bonds is 10. The maximum Gasteiger partial charge on any atom is 0.290 e. The van der Waals surface area contributed by atoms with Crippen molar-refractivity contribution in [3.8, 4) is 11.5 Å². The summed E-state index contributed by atoms with van der Waals surface area (Å²) >= 11 is 1.22. The fraction of sp³-hybridized carbons (Fsp3) is 0.333. The molecular weight excluding hydrogens is 410 g/mol. The number of carbonyl (C=O) groups is 2. The fourth-order valence-corrected chi connectivity index (χ4v) is 3.98. The zero-order valence-corrected chi connectivity index (χ0v) is 17.2. The predicted octanol–water partition coefficient (Wildman–Crippen LogP) is 2.44. The van der Waals surface area contributed by atoms with Gasteiger partial charge in [0.1, 0.15) is 0 Å². The largest absolute Gasteiger partial charge is 0.504 e. The van der Waals surface area contributed by atoms with Gasteiger partial charge in [0.25, 0.3) is 5.91 Å². The summed E-state index contributed by atoms with van der Waals surface area (Å²) < 4.78 is 10.7. The second-order valence-corrected chi connectivity index (χ2v) is 7.41. The topological polar surface area (TPSA) is 117 Å². The molecule has 0 unspecified atom stereocenters. The van der Waals surface area contributed by atoms with Crippen molar-refractivity contribution in [3.63, 3.8) is 0 Å². The van der Waals surface area contributed by atoms with Crippen molar-refractivity contribution in [2.75, 3.05) is 33.0 Å². The van der Waals surface area contributed by atoms with E-state index < -0.39 is 23.5 Å². The molecule has 3 rings (SSSR count). The molecule has 2 aromatic rings. The number of ether oxygens (including phenoxy) is 2. The molecule has 1 aromatic carbocycles. The van der Waals surface area contributed by atoms with Gasteiger partial charge in [0.05, 0.1) is 42.9 Å². The van der Waals surface area contributed by atoms with Crippen molar-refractivity contribution in [2.24, 2.45) is 0 Å². The number of nitrogens with zero attached hydrogens (tertiary/aromatic N) is 1. The quantitative estimate of drug-likeness (QED) is 0.389. The second kappa shape index (κ2) is 9.75. The van der Waals surface area contributed by atoms with Crippen LogP contribution in [0.4, 0.5) is 0 Å². The van der Waals surface area contributed by atoms with Crippen molar-refractivity contribution in [3.05, 3.63) is 57.5 Å². The lowest BCUT2D eigenvalue weighted by molar-refractivity contribution is -0.130. The standard InChI is InChI=1S/C21H23NO7S/c1-2-29-15-12-13(5-6-14(15)24)18-17(19(25)16-4-3-11-30-16)20(26)21(27)22(18)7-9-28-10-8-23/h3-6,11-12,18,23-24,26H,2,7-10H2,1H3/t18-/m0/s1. The molecule has 1 aliphatic rings. The summed E-state index contributed by atoms with van der Waals surface area (Å²) in [6.07, 6.45) is 0. The third-order valence-electron chi connectivity index (χ3n) is 4.60. The lowest BCUT2D eigenvalue weighted by Crippen LogP contribution is -2.34. The lowest BCUT2D eigenvalue weighted by atomic mass is 9.95. The summed E-state index contributed by atoms with van der Waals surface area (Å²) in [5.41, 5.74) is 0.480. The summed E-state index contributed by atoms with van der Waals surface area (Å²) in [5, 5.41) is 31.2. The normalized spacial score (nSPS) is 16.4. The van der Waals surface area contributed by atoms with Crippen LogP contribution in [0.15, 0.2) is 47.0 Å². The highest BCUT2D eigenvalue weighted by atomic mass is 32.1. The van der Waals surface area contributed by atoms with Crippen molar-refractivity contribution < 1.29 is 34.4 Å². The van der Waals surface area contributed by atoms with E-state index in [-0.39, 0.29) is 43.4 Å². The highest BCUT2D eigenvalue weighted by Gasteiger charge is 2.44. The van der Waals surface area contributed by atoms with E-state index in [0.717, 1.165) is 0 Å². The van der Waals surface area contributed by atoms with E-state index in [0.29, 0.717) is 17.0 Å². The first-order chi connectivity index (χ1) is 14.5. The Hall–Kier alpha value is -2.88. The molecule has 1 aliphatic heterocycles. The molecule has 9 heteroatoms. The molecule has 30 heavy (non-hydrogen) atoms. The zero-order chi connectivity index (χ0) is 21.7. The predicted molar refractivity (Wildman–Crippen MR) is 110 cm³/mol. The van der Waals surface area contributed by atoms with Gasteiger partial charge in [-0.2, -0.15) is 0 Å². The molecule has 160 valence electrons. The average Bonchev–Trinajstić information content (AvgIpc) is 3.35. The van der Waals surface area contributed by atoms with E-state index in [9.17, 15) is 19.8 Å². The van der Waals surface area contributed by atoms with Crippen LogP contribution in [0.1, 0.15) is 28.2 Å². The Bertz CT molecular complexity index is 939. The van der Waals surface area contributed by atoms with Gasteiger partial charge in [-0.25, -0.2) is 0 Å². The second-order valence-electron chi connectivity index (χ2n) is 6.47. The van der Waals surface area contributed by atoms with Gasteiger partial charge < -0.3 is 29.7 Å². The van der Waals surface area contributed by atoms with Crippen LogP contribution in [0.2, 0.25) is 0 Å². The third-order valence-corrected chi connectivity index (χ3v) is 5.47. The van der Waals surface area contributed by atoms with E-state index in [1.54, 1.807) is 36.6 Å². The van der Waals surface area contributed by atoms with Crippen LogP contribution in [-0.4, -0.2) is 64.9 Å². The monoisotopic (exact) mass is 433 g/mol. The number of ketones is 1. The molecular formula is C21H23NO7S. The van der Waals surface area contributed by atoms with E-state index in [1.807, 2.05) is 0 Å². The first kappa shape index (κ1) is 21.8. The summed E-state index contributed by atoms with van der Waals surface area (Å²) in [4.78, 5) is 27.7. The molecule has 2 heterocycles. The number of phenols is 1. The summed E-state index contributed by atoms with van der Waals surface area (Å²) in [6.45, 7) is 2.26. The van der Waals surface area contributed by atoms with Crippen LogP contribution >= 0.6 is 11.3 Å². The minimum atomic E-state index is -0.871. The van der Waals surface area contributed by atoms with Crippen molar-refractivity contribution in [2.45, 2.75) is 13.0 Å². The maximum absolute atomic E-state index is 13.1. The first-order valence-corrected chi connectivity index (χ1v) is 10.3. The van der Waals surface area contributed by atoms with Gasteiger partial charge in [0.2, 0.25) is 5.78 Å². The summed E-state index contributed by atoms with van der Waals surface area (Å²) in [6, 6.07) is 7.04. The number of benzene rings is 1. The smallest absolute Gasteiger partial charge is 0.290 e. The highest BCUT2D eigenvalue weighted by Crippen LogP contribution is 2.41. The number of amides is 1. The number of aliphatic hydroxyl groups is 2. The number of hydrogen-bond donors (Lipinski definition) is 3. The Kier molecular flexibility index (Phi) is 7.09. The Morgan fingerprint density at radius 3 is 2.70 bits per heavy atom. The zero-order valence-electron chi connectivity index (χ0n) is 16.4. The number of carbonyl (C=O) groups excluding carboxylic acids is 2. The Balaban J connectivity index is 2.02. The van der Waals surface area contributed by atoms with Crippen LogP contribution in [0.5, 0.6) is 11.5 Å². The molecule has 1 aromatic heterocycles. The molecule has 0 saturated carbocycles. The Morgan fingerprint density at radius 2 is 2.03 bits per heavy atom. The van der Waals surface area contributed by atoms with Crippen LogP contribution in [0, 0.1) is 0 Å². The minimum absolute atomic E-state index is 0.0299. The molecule has 1 atom stereocenters. The molecule has 0 radical (unpaired) electrons. The maximum atomic E-state index is 13.1. The third kappa shape index (κ3) is 4.33. The lowest BCUT2D eigenvalue weighted by Gasteiger charge is -2.27. The van der Waals surface area contributed by atoms with Gasteiger partial charge >= 0.3 is 0 Å². The average molecular weight is 433 g/mol. The number of thiophene rings is 1. The van der Waals surface area contributed by atoms with Crippen LogP contribution in [0.3, 0.4) is 0 Å². The number of phenolic OH excluding ortho intramolecular Hbond substituents is 1. The van der Waals surface area contributed by atoms with Gasteiger partial charge in [-0.3, -0.25) is 9.59 Å². The fourth-order valence-electron chi connectivity index (χ4n) is 3.30. The van der Waals surface area contributed by atoms with Gasteiger partial charge in [-0.15, -0.1) is 11.3 Å². The number of aromatic hydroxyl groups is 1. The first-order valence-electron chi connectivity index (χ1n) is 9.46. The summed E-state index contributed by atoms with van der Waals surface area (Å²) in [5.74, 6) is -1.58. The Labute approximate surface area is 177 Å². The number of Topliss-reactive ketones (excluding diaryl/α,β-unsaturated/α-hetero) is 1. The van der Waals surface area contributed by atoms with E-state index >= 15 is 0 Å². The van der Waals surface area contributed by atoms with Crippen molar-refractivity contribution in [1.29, 1.82) is 0 Å². The molecule has 3 N–H and O–H groups in total. The van der Waals surface area contributed by atoms with Gasteiger partial charge in [0.15, 0.2) is 17.3 Å². The highest BCUT2D eigenvalue weighted by molar-refractivity contribution is 7.12. The van der Waals surface area contributed by atoms with E-state index in [2.05, 4.69) is 0 Å². The number of aliphatic hydroxyl groups excluding tert-OH is 2. The van der Waals surface area contributed by atoms with E-state index in [4.69, 9.17) is 14.6 Å². The van der Waals surface area contributed by atoms with Gasteiger partial charge in [-0.05, 0) is 36.1 Å². The SMILES string of the molecule is CCOc1cc([C@H]2C(C(=O)c3cccs3)=C(O)C(=O)N2CCOCCO)ccc1O. The summed E-state index contributed by atoms with van der Waals surface area (Å²) in [7, 11) is 0. The molecule has 1 amide bonds. The van der Waals surface area contributed by atoms with Crippen molar-refractivity contribution >= 4 is 23.0 Å². The molecule has 0 bridgehead atoms. The van der Waals surface area contributed by atoms with Crippen LogP contribution in [-0.2, 0) is 9.53 Å². The molecule has 8 nitrogen and oxygen atoms in total. The molecule has 0 fully saturated rings. The van der Waals surface area contributed by atoms with Crippen LogP contribution < -0.4 is 4.74 Å². The Morgan fingerprint density at radius 1 is 1.23 bits per heavy atom. The van der Waals surface area contributed by atoms with E-state index in [1.165, 1.54) is 22.3 Å². The van der Waals surface area contributed by atoms with Gasteiger partial charge in [-0.1, -0.05) is 12.1 Å². The van der Waals surface area contributed by atoms with Crippen LogP contribution in [0.25, 0.3) is 0 Å². The van der Waals surface area contributed by atoms with Gasteiger partial charge in [0, 0.05) is 6.54 Å². The number of hydrogen-bond acceptors (Lipinski definition) is 8. The molecule has 0 aliphatic carbocycles. The molecule has 0 saturated heterocycles. The molecule has 0 spiro atoms. The van der Waals surface area contributed by atoms with Crippen molar-refractivity contribution in [1.82, 2.24) is 4.90 Å². The minimum Gasteiger partial charge on any atom is -0.504 e.